The molecule has 4 nitrogen and oxygen atoms in total. The van der Waals surface area contributed by atoms with E-state index in [1.54, 1.807) is 19.2 Å². The quantitative estimate of drug-likeness (QED) is 0.326. The highest BCUT2D eigenvalue weighted by atomic mass is 79.9. The van der Waals surface area contributed by atoms with Crippen LogP contribution in [0.1, 0.15) is 5.69 Å². The van der Waals surface area contributed by atoms with E-state index in [1.807, 2.05) is 6.07 Å². The third kappa shape index (κ3) is 4.41. The Kier molecular flexibility index (Phi) is 6.13. The van der Waals surface area contributed by atoms with E-state index in [2.05, 4.69) is 15.9 Å². The van der Waals surface area contributed by atoms with Crippen LogP contribution in [-0.2, 0) is 7.05 Å². The zero-order chi connectivity index (χ0) is 20.3. The lowest BCUT2D eigenvalue weighted by molar-refractivity contribution is 0.598. The van der Waals surface area contributed by atoms with E-state index in [0.717, 1.165) is 24.3 Å². The first-order chi connectivity index (χ1) is 12.6. The highest BCUT2D eigenvalue weighted by Crippen LogP contribution is 2.27. The first kappa shape index (κ1) is 20.3. The van der Waals surface area contributed by atoms with Gasteiger partial charge in [-0.1, -0.05) is 0 Å². The molecule has 0 fully saturated rings. The molecule has 0 saturated carbocycles. The van der Waals surface area contributed by atoms with Crippen LogP contribution in [0.15, 0.2) is 40.9 Å². The van der Waals surface area contributed by atoms with Crippen molar-refractivity contribution < 1.29 is 17.6 Å². The minimum atomic E-state index is -0.680. The number of halogens is 5. The van der Waals surface area contributed by atoms with E-state index >= 15 is 0 Å². The molecule has 3 rings (SSSR count). The highest BCUT2D eigenvalue weighted by molar-refractivity contribution is 9.10. The van der Waals surface area contributed by atoms with Crippen LogP contribution >= 0.6 is 15.9 Å². The standard InChI is InChI=1S/C12H9F2N3.C6H4BrF2N/c1-17-7(6-15)2-3-12(17)8-4-10(14)11(16)5-9(8)13;7-3-1-5(9)6(10)2-4(3)8/h2-5H,16H2,1H3;1-2H,10H2. The molecule has 1 aromatic heterocycles. The minimum Gasteiger partial charge on any atom is -0.396 e. The number of nitrogens with zero attached hydrogens (tertiary/aromatic N) is 2. The summed E-state index contributed by atoms with van der Waals surface area (Å²) in [6.07, 6.45) is 0. The normalized spacial score (nSPS) is 10.1. The monoisotopic (exact) mass is 440 g/mol. The smallest absolute Gasteiger partial charge is 0.147 e. The molecule has 0 aliphatic rings. The third-order valence-corrected chi connectivity index (χ3v) is 4.25. The predicted molar refractivity (Wildman–Crippen MR) is 98.4 cm³/mol. The van der Waals surface area contributed by atoms with Crippen LogP contribution < -0.4 is 11.5 Å². The van der Waals surface area contributed by atoms with Crippen LogP contribution in [0.25, 0.3) is 11.3 Å². The van der Waals surface area contributed by atoms with Gasteiger partial charge in [0.1, 0.15) is 35.0 Å². The largest absolute Gasteiger partial charge is 0.396 e. The molecule has 0 aliphatic carbocycles. The fourth-order valence-electron chi connectivity index (χ4n) is 2.19. The SMILES string of the molecule is Cn1c(C#N)ccc1-c1cc(F)c(N)cc1F.Nc1cc(F)c(Br)cc1F. The molecule has 0 aliphatic heterocycles. The molecule has 0 spiro atoms. The first-order valence-corrected chi connectivity index (χ1v) is 8.15. The highest BCUT2D eigenvalue weighted by Gasteiger charge is 2.13. The molecule has 0 amide bonds. The number of nitriles is 1. The molecule has 9 heteroatoms. The lowest BCUT2D eigenvalue weighted by atomic mass is 10.1. The number of hydrogen-bond donors (Lipinski definition) is 2. The zero-order valence-electron chi connectivity index (χ0n) is 13.9. The van der Waals surface area contributed by atoms with Gasteiger partial charge < -0.3 is 16.0 Å². The Balaban J connectivity index is 0.000000223. The van der Waals surface area contributed by atoms with E-state index in [0.29, 0.717) is 11.4 Å². The number of benzene rings is 2. The van der Waals surface area contributed by atoms with Gasteiger partial charge in [-0.15, -0.1) is 0 Å². The first-order valence-electron chi connectivity index (χ1n) is 7.36. The van der Waals surface area contributed by atoms with Gasteiger partial charge in [0.25, 0.3) is 0 Å². The molecule has 1 heterocycles. The summed E-state index contributed by atoms with van der Waals surface area (Å²) < 4.78 is 53.4. The van der Waals surface area contributed by atoms with Crippen molar-refractivity contribution >= 4 is 27.3 Å². The predicted octanol–water partition coefficient (Wildman–Crippen LogP) is 4.73. The summed E-state index contributed by atoms with van der Waals surface area (Å²) in [5, 5.41) is 8.79. The Hall–Kier alpha value is -2.99. The van der Waals surface area contributed by atoms with Crippen molar-refractivity contribution in [3.63, 3.8) is 0 Å². The fourth-order valence-corrected chi connectivity index (χ4v) is 2.51. The van der Waals surface area contributed by atoms with Crippen molar-refractivity contribution in [1.29, 1.82) is 5.26 Å². The molecular weight excluding hydrogens is 428 g/mol. The van der Waals surface area contributed by atoms with Gasteiger partial charge >= 0.3 is 0 Å². The number of rotatable bonds is 1. The third-order valence-electron chi connectivity index (χ3n) is 3.64. The van der Waals surface area contributed by atoms with Gasteiger partial charge in [-0.2, -0.15) is 5.26 Å². The van der Waals surface area contributed by atoms with Gasteiger partial charge in [0.15, 0.2) is 0 Å². The summed E-state index contributed by atoms with van der Waals surface area (Å²) in [7, 11) is 1.61. The van der Waals surface area contributed by atoms with E-state index in [4.69, 9.17) is 16.7 Å². The van der Waals surface area contributed by atoms with Crippen LogP contribution in [0.3, 0.4) is 0 Å². The fraction of sp³-hybridized carbons (Fsp3) is 0.0556. The number of hydrogen-bond acceptors (Lipinski definition) is 3. The Bertz CT molecular complexity index is 991. The summed E-state index contributed by atoms with van der Waals surface area (Å²) in [6.45, 7) is 0. The van der Waals surface area contributed by atoms with Crippen molar-refractivity contribution in [1.82, 2.24) is 4.57 Å². The Morgan fingerprint density at radius 2 is 1.44 bits per heavy atom. The van der Waals surface area contributed by atoms with Crippen LogP contribution in [-0.4, -0.2) is 4.57 Å². The second-order valence-electron chi connectivity index (χ2n) is 5.42. The number of nitrogen functional groups attached to an aromatic ring is 2. The summed E-state index contributed by atoms with van der Waals surface area (Å²) in [5.74, 6) is -2.47. The average molecular weight is 441 g/mol. The Labute approximate surface area is 160 Å². The van der Waals surface area contributed by atoms with Crippen molar-refractivity contribution in [3.8, 4) is 17.3 Å². The van der Waals surface area contributed by atoms with Crippen molar-refractivity contribution in [2.75, 3.05) is 11.5 Å². The van der Waals surface area contributed by atoms with E-state index in [-0.39, 0.29) is 21.4 Å². The summed E-state index contributed by atoms with van der Waals surface area (Å²) in [4.78, 5) is 0. The molecule has 2 aromatic carbocycles. The molecular formula is C18H13BrF4N4. The summed E-state index contributed by atoms with van der Waals surface area (Å²) >= 11 is 2.81. The van der Waals surface area contributed by atoms with Gasteiger partial charge in [0.05, 0.1) is 21.5 Å². The molecule has 27 heavy (non-hydrogen) atoms. The maximum Gasteiger partial charge on any atom is 0.147 e. The molecule has 4 N–H and O–H groups in total. The van der Waals surface area contributed by atoms with E-state index < -0.39 is 23.3 Å². The number of nitrogens with two attached hydrogens (primary N) is 2. The van der Waals surface area contributed by atoms with Gasteiger partial charge in [-0.05, 0) is 40.2 Å². The molecule has 0 radical (unpaired) electrons. The van der Waals surface area contributed by atoms with Crippen LogP contribution in [0.2, 0.25) is 0 Å². The van der Waals surface area contributed by atoms with Crippen molar-refractivity contribution in [2.45, 2.75) is 0 Å². The Morgan fingerprint density at radius 1 is 0.889 bits per heavy atom. The van der Waals surface area contributed by atoms with Crippen LogP contribution in [0, 0.1) is 34.6 Å². The maximum absolute atomic E-state index is 13.7. The van der Waals surface area contributed by atoms with Gasteiger partial charge in [-0.25, -0.2) is 17.6 Å². The second-order valence-corrected chi connectivity index (χ2v) is 6.27. The summed E-state index contributed by atoms with van der Waals surface area (Å²) in [5.41, 5.74) is 10.8. The van der Waals surface area contributed by atoms with Crippen LogP contribution in [0.4, 0.5) is 28.9 Å². The zero-order valence-corrected chi connectivity index (χ0v) is 15.5. The number of aromatic nitrogens is 1. The molecule has 0 unspecified atom stereocenters. The Morgan fingerprint density at radius 3 is 1.96 bits per heavy atom. The second kappa shape index (κ2) is 8.14. The number of anilines is 2. The van der Waals surface area contributed by atoms with Gasteiger partial charge in [0, 0.05) is 24.7 Å². The molecule has 0 atom stereocenters. The van der Waals surface area contributed by atoms with Gasteiger partial charge in [-0.3, -0.25) is 0 Å². The van der Waals surface area contributed by atoms with Crippen molar-refractivity contribution in [3.05, 3.63) is 69.8 Å². The molecule has 0 bridgehead atoms. The average Bonchev–Trinajstić information content (AvgIpc) is 2.97. The maximum atomic E-state index is 13.7. The molecule has 3 aromatic rings. The van der Waals surface area contributed by atoms with Crippen LogP contribution in [0.5, 0.6) is 0 Å². The topological polar surface area (TPSA) is 80.8 Å². The van der Waals surface area contributed by atoms with Crippen molar-refractivity contribution in [2.24, 2.45) is 7.05 Å². The van der Waals surface area contributed by atoms with E-state index in [1.165, 1.54) is 4.57 Å². The van der Waals surface area contributed by atoms with E-state index in [9.17, 15) is 17.6 Å². The molecule has 0 saturated heterocycles. The lowest BCUT2D eigenvalue weighted by Gasteiger charge is -2.07. The lowest BCUT2D eigenvalue weighted by Crippen LogP contribution is -1.99. The minimum absolute atomic E-state index is 0.0826. The van der Waals surface area contributed by atoms with Gasteiger partial charge in [0.2, 0.25) is 0 Å². The summed E-state index contributed by atoms with van der Waals surface area (Å²) in [6, 6.07) is 8.94. The molecule has 140 valence electrons.